The van der Waals surface area contributed by atoms with E-state index in [-0.39, 0.29) is 22.8 Å². The van der Waals surface area contributed by atoms with E-state index in [2.05, 4.69) is 0 Å². The maximum Gasteiger partial charge on any atom is 0.323 e. The lowest BCUT2D eigenvalue weighted by atomic mass is 10.1. The molecule has 0 saturated carbocycles. The largest absolute Gasteiger partial charge is 0.480 e. The van der Waals surface area contributed by atoms with Crippen molar-refractivity contribution in [1.82, 2.24) is 4.90 Å². The lowest BCUT2D eigenvalue weighted by molar-refractivity contribution is -0.137. The highest BCUT2D eigenvalue weighted by Gasteiger charge is 2.20. The van der Waals surface area contributed by atoms with Crippen molar-refractivity contribution in [2.45, 2.75) is 18.4 Å². The number of aliphatic carboxylic acids is 1. The van der Waals surface area contributed by atoms with Crippen LogP contribution in [0.5, 0.6) is 0 Å². The van der Waals surface area contributed by atoms with Gasteiger partial charge in [-0.15, -0.1) is 0 Å². The van der Waals surface area contributed by atoms with Crippen LogP contribution in [0.15, 0.2) is 59.5 Å². The van der Waals surface area contributed by atoms with E-state index in [0.29, 0.717) is 0 Å². The van der Waals surface area contributed by atoms with Crippen LogP contribution in [0.3, 0.4) is 0 Å². The van der Waals surface area contributed by atoms with Gasteiger partial charge in [0.25, 0.3) is 5.91 Å². The Morgan fingerprint density at radius 1 is 1.00 bits per heavy atom. The zero-order valence-corrected chi connectivity index (χ0v) is 14.6. The lowest BCUT2D eigenvalue weighted by Gasteiger charge is -2.21. The number of amides is 1. The standard InChI is InChI=1S/C18H19NO5S/c1-2-25(23,24)16-10-8-15(9-11-16)18(22)19(13-17(20)21)12-14-6-4-3-5-7-14/h3-11H,2,12-13H2,1H3,(H,20,21). The number of benzene rings is 2. The molecule has 2 aromatic rings. The Hall–Kier alpha value is -2.67. The molecule has 132 valence electrons. The van der Waals surface area contributed by atoms with Crippen LogP contribution in [0.4, 0.5) is 0 Å². The predicted molar refractivity (Wildman–Crippen MR) is 93.0 cm³/mol. The molecule has 0 aliphatic rings. The highest BCUT2D eigenvalue weighted by molar-refractivity contribution is 7.91. The Kier molecular flexibility index (Phi) is 5.93. The summed E-state index contributed by atoms with van der Waals surface area (Å²) in [5.41, 5.74) is 1.05. The number of carbonyl (C=O) groups is 2. The average molecular weight is 361 g/mol. The van der Waals surface area contributed by atoms with Crippen LogP contribution in [0.25, 0.3) is 0 Å². The Morgan fingerprint density at radius 3 is 2.12 bits per heavy atom. The fourth-order valence-electron chi connectivity index (χ4n) is 2.32. The number of sulfone groups is 1. The molecule has 0 heterocycles. The minimum absolute atomic E-state index is 0.0283. The van der Waals surface area contributed by atoms with Crippen LogP contribution >= 0.6 is 0 Å². The van der Waals surface area contributed by atoms with Crippen molar-refractivity contribution < 1.29 is 23.1 Å². The fraction of sp³-hybridized carbons (Fsp3) is 0.222. The monoisotopic (exact) mass is 361 g/mol. The number of nitrogens with zero attached hydrogens (tertiary/aromatic N) is 1. The molecule has 2 aromatic carbocycles. The molecular weight excluding hydrogens is 342 g/mol. The van der Waals surface area contributed by atoms with Gasteiger partial charge in [0.2, 0.25) is 0 Å². The van der Waals surface area contributed by atoms with Gasteiger partial charge in [0, 0.05) is 12.1 Å². The molecule has 7 heteroatoms. The number of carboxylic acid groups (broad SMARTS) is 1. The number of rotatable bonds is 7. The molecule has 25 heavy (non-hydrogen) atoms. The molecule has 0 aliphatic carbocycles. The van der Waals surface area contributed by atoms with Crippen molar-refractivity contribution in [3.8, 4) is 0 Å². The zero-order chi connectivity index (χ0) is 18.4. The van der Waals surface area contributed by atoms with Gasteiger partial charge in [-0.25, -0.2) is 8.42 Å². The lowest BCUT2D eigenvalue weighted by Crippen LogP contribution is -2.35. The molecule has 1 amide bonds. The van der Waals surface area contributed by atoms with E-state index in [0.717, 1.165) is 5.56 Å². The van der Waals surface area contributed by atoms with Crippen LogP contribution in [0, 0.1) is 0 Å². The van der Waals surface area contributed by atoms with Gasteiger partial charge in [0.1, 0.15) is 6.54 Å². The molecule has 0 fully saturated rings. The molecule has 0 aliphatic heterocycles. The van der Waals surface area contributed by atoms with E-state index >= 15 is 0 Å². The van der Waals surface area contributed by atoms with Crippen molar-refractivity contribution in [3.63, 3.8) is 0 Å². The highest BCUT2D eigenvalue weighted by atomic mass is 32.2. The van der Waals surface area contributed by atoms with Crippen molar-refractivity contribution in [2.24, 2.45) is 0 Å². The summed E-state index contributed by atoms with van der Waals surface area (Å²) >= 11 is 0. The van der Waals surface area contributed by atoms with Gasteiger partial charge >= 0.3 is 5.97 Å². The SMILES string of the molecule is CCS(=O)(=O)c1ccc(C(=O)N(CC(=O)O)Cc2ccccc2)cc1. The van der Waals surface area contributed by atoms with Gasteiger partial charge in [0.15, 0.2) is 9.84 Å². The molecule has 0 bridgehead atoms. The normalized spacial score (nSPS) is 11.1. The van der Waals surface area contributed by atoms with Crippen LogP contribution in [-0.4, -0.2) is 42.6 Å². The summed E-state index contributed by atoms with van der Waals surface area (Å²) in [5, 5.41) is 9.07. The Labute approximate surface area is 146 Å². The zero-order valence-electron chi connectivity index (χ0n) is 13.8. The third kappa shape index (κ3) is 4.90. The topological polar surface area (TPSA) is 91.8 Å². The highest BCUT2D eigenvalue weighted by Crippen LogP contribution is 2.15. The van der Waals surface area contributed by atoms with Crippen LogP contribution in [-0.2, 0) is 21.2 Å². The van der Waals surface area contributed by atoms with E-state index in [4.69, 9.17) is 5.11 Å². The van der Waals surface area contributed by atoms with Crippen LogP contribution in [0.2, 0.25) is 0 Å². The Bertz CT molecular complexity index is 845. The second-order valence-electron chi connectivity index (χ2n) is 5.47. The Balaban J connectivity index is 2.25. The smallest absolute Gasteiger partial charge is 0.323 e. The van der Waals surface area contributed by atoms with E-state index in [1.807, 2.05) is 18.2 Å². The number of carbonyl (C=O) groups excluding carboxylic acids is 1. The van der Waals surface area contributed by atoms with Gasteiger partial charge in [-0.1, -0.05) is 37.3 Å². The molecule has 0 radical (unpaired) electrons. The van der Waals surface area contributed by atoms with Crippen molar-refractivity contribution >= 4 is 21.7 Å². The number of carboxylic acids is 1. The molecule has 0 atom stereocenters. The molecule has 0 unspecified atom stereocenters. The van der Waals surface area contributed by atoms with E-state index in [1.165, 1.54) is 29.2 Å². The second-order valence-corrected chi connectivity index (χ2v) is 7.75. The summed E-state index contributed by atoms with van der Waals surface area (Å²) in [4.78, 5) is 25.1. The third-order valence-corrected chi connectivity index (χ3v) is 5.42. The molecule has 1 N–H and O–H groups in total. The maximum atomic E-state index is 12.6. The first-order valence-electron chi connectivity index (χ1n) is 7.71. The van der Waals surface area contributed by atoms with E-state index in [9.17, 15) is 18.0 Å². The average Bonchev–Trinajstić information content (AvgIpc) is 2.61. The van der Waals surface area contributed by atoms with Crippen molar-refractivity contribution in [2.75, 3.05) is 12.3 Å². The van der Waals surface area contributed by atoms with Gasteiger partial charge in [0.05, 0.1) is 10.6 Å². The maximum absolute atomic E-state index is 12.6. The molecule has 0 aromatic heterocycles. The first kappa shape index (κ1) is 18.7. The van der Waals surface area contributed by atoms with Gasteiger partial charge < -0.3 is 10.0 Å². The number of hydrogen-bond donors (Lipinski definition) is 1. The predicted octanol–water partition coefficient (Wildman–Crippen LogP) is 2.21. The number of hydrogen-bond acceptors (Lipinski definition) is 4. The summed E-state index contributed by atoms with van der Waals surface area (Å²) in [6.07, 6.45) is 0. The minimum Gasteiger partial charge on any atom is -0.480 e. The van der Waals surface area contributed by atoms with E-state index in [1.54, 1.807) is 19.1 Å². The van der Waals surface area contributed by atoms with Crippen LogP contribution in [0.1, 0.15) is 22.8 Å². The molecule has 0 saturated heterocycles. The van der Waals surface area contributed by atoms with Gasteiger partial charge in [-0.2, -0.15) is 0 Å². The fourth-order valence-corrected chi connectivity index (χ4v) is 3.20. The third-order valence-electron chi connectivity index (χ3n) is 3.67. The molecular formula is C18H19NO5S. The summed E-state index contributed by atoms with van der Waals surface area (Å²) in [5.74, 6) is -1.61. The summed E-state index contributed by atoms with van der Waals surface area (Å²) < 4.78 is 23.7. The Morgan fingerprint density at radius 2 is 1.60 bits per heavy atom. The van der Waals surface area contributed by atoms with Crippen LogP contribution < -0.4 is 0 Å². The van der Waals surface area contributed by atoms with Gasteiger partial charge in [-0.3, -0.25) is 9.59 Å². The van der Waals surface area contributed by atoms with Gasteiger partial charge in [-0.05, 0) is 29.8 Å². The second kappa shape index (κ2) is 7.94. The van der Waals surface area contributed by atoms with E-state index < -0.39 is 28.3 Å². The van der Waals surface area contributed by atoms with Crippen molar-refractivity contribution in [1.29, 1.82) is 0 Å². The first-order valence-corrected chi connectivity index (χ1v) is 9.36. The molecule has 2 rings (SSSR count). The quantitative estimate of drug-likeness (QED) is 0.816. The summed E-state index contributed by atoms with van der Waals surface area (Å²) in [6, 6.07) is 14.6. The summed E-state index contributed by atoms with van der Waals surface area (Å²) in [6.45, 7) is 1.26. The first-order chi connectivity index (χ1) is 11.8. The summed E-state index contributed by atoms with van der Waals surface area (Å²) in [7, 11) is -3.35. The van der Waals surface area contributed by atoms with Crippen molar-refractivity contribution in [3.05, 3.63) is 65.7 Å². The minimum atomic E-state index is -3.35. The molecule has 6 nitrogen and oxygen atoms in total. The molecule has 0 spiro atoms.